The van der Waals surface area contributed by atoms with Crippen molar-refractivity contribution in [2.24, 2.45) is 0 Å². The van der Waals surface area contributed by atoms with E-state index in [1.54, 1.807) is 0 Å². The Hall–Kier alpha value is -6.74. The molecule has 1 aliphatic rings. The third kappa shape index (κ3) is 6.45. The maximum Gasteiger partial charge on any atom is 0.137 e. The van der Waals surface area contributed by atoms with Gasteiger partial charge in [0, 0.05) is 56.6 Å². The lowest BCUT2D eigenvalue weighted by atomic mass is 9.65. The monoisotopic (exact) mass is 734 g/mol. The van der Waals surface area contributed by atoms with Crippen molar-refractivity contribution < 1.29 is 10.2 Å². The molecule has 9 rings (SSSR count). The number of para-hydroxylation sites is 4. The summed E-state index contributed by atoms with van der Waals surface area (Å²) < 4.78 is 0. The Bertz CT molecular complexity index is 2270. The van der Waals surface area contributed by atoms with E-state index in [4.69, 9.17) is 9.97 Å². The van der Waals surface area contributed by atoms with Gasteiger partial charge in [0.1, 0.15) is 11.6 Å². The maximum absolute atomic E-state index is 11.6. The van der Waals surface area contributed by atoms with Crippen molar-refractivity contribution in [3.63, 3.8) is 0 Å². The van der Waals surface area contributed by atoms with Gasteiger partial charge in [-0.05, 0) is 111 Å². The highest BCUT2D eigenvalue weighted by Gasteiger charge is 2.53. The summed E-state index contributed by atoms with van der Waals surface area (Å²) in [4.78, 5) is 21.1. The fraction of sp³-hybridized carbons (Fsp3) is 0.125. The van der Waals surface area contributed by atoms with E-state index in [-0.39, 0.29) is 0 Å². The van der Waals surface area contributed by atoms with E-state index in [2.05, 4.69) is 117 Å². The van der Waals surface area contributed by atoms with Gasteiger partial charge >= 0.3 is 0 Å². The van der Waals surface area contributed by atoms with E-state index in [0.717, 1.165) is 56.6 Å². The van der Waals surface area contributed by atoms with Crippen LogP contribution in [0.15, 0.2) is 170 Å². The molecule has 0 radical (unpaired) electrons. The molecule has 2 aromatic heterocycles. The van der Waals surface area contributed by atoms with E-state index in [9.17, 15) is 10.2 Å². The first kappa shape index (κ1) is 35.0. The Morgan fingerprint density at radius 2 is 0.661 bits per heavy atom. The number of aryl methyl sites for hydroxylation is 2. The predicted octanol–water partition coefficient (Wildman–Crippen LogP) is 10.6. The molecular weight excluding hydrogens is 693 g/mol. The van der Waals surface area contributed by atoms with Gasteiger partial charge in [-0.15, -0.1) is 0 Å². The summed E-state index contributed by atoms with van der Waals surface area (Å²) in [5, 5.41) is 23.2. The van der Waals surface area contributed by atoms with Gasteiger partial charge in [0.05, 0.1) is 35.4 Å². The van der Waals surface area contributed by atoms with Crippen molar-refractivity contribution in [3.05, 3.63) is 193 Å². The van der Waals surface area contributed by atoms with Crippen LogP contribution in [0.25, 0.3) is 22.8 Å². The van der Waals surface area contributed by atoms with E-state index in [1.807, 2.05) is 86.6 Å². The lowest BCUT2D eigenvalue weighted by Crippen LogP contribution is -2.52. The predicted molar refractivity (Wildman–Crippen MR) is 224 cm³/mol. The molecule has 8 heteroatoms. The van der Waals surface area contributed by atoms with Crippen LogP contribution in [0.5, 0.6) is 0 Å². The molecule has 0 amide bonds. The van der Waals surface area contributed by atoms with E-state index < -0.39 is 24.0 Å². The van der Waals surface area contributed by atoms with Gasteiger partial charge in [0.2, 0.25) is 0 Å². The quantitative estimate of drug-likeness (QED) is 0.112. The second kappa shape index (κ2) is 14.8. The Kier molecular flexibility index (Phi) is 9.27. The van der Waals surface area contributed by atoms with Crippen LogP contribution in [0.2, 0.25) is 0 Å². The zero-order valence-corrected chi connectivity index (χ0v) is 31.2. The first-order valence-electron chi connectivity index (χ1n) is 18.9. The molecule has 8 nitrogen and oxygen atoms in total. The third-order valence-electron chi connectivity index (χ3n) is 10.8. The highest BCUT2D eigenvalue weighted by Crippen LogP contribution is 2.49. The van der Waals surface area contributed by atoms with Crippen molar-refractivity contribution in [1.82, 2.24) is 19.9 Å². The molecular formula is C48H42N6O2. The number of nitrogens with one attached hydrogen (secondary N) is 2. The van der Waals surface area contributed by atoms with E-state index >= 15 is 0 Å². The molecule has 2 heterocycles. The fourth-order valence-electron chi connectivity index (χ4n) is 7.96. The van der Waals surface area contributed by atoms with Crippen LogP contribution in [0, 0.1) is 13.8 Å². The Morgan fingerprint density at radius 3 is 0.946 bits per heavy atom. The Labute approximate surface area is 326 Å². The van der Waals surface area contributed by atoms with Crippen molar-refractivity contribution >= 4 is 34.1 Å². The highest BCUT2D eigenvalue weighted by molar-refractivity contribution is 5.79. The van der Waals surface area contributed by atoms with Crippen molar-refractivity contribution in [3.8, 4) is 22.8 Å². The zero-order valence-electron chi connectivity index (χ0n) is 31.2. The summed E-state index contributed by atoms with van der Waals surface area (Å²) in [6, 6.07) is 57.7. The van der Waals surface area contributed by atoms with Gasteiger partial charge in [-0.1, -0.05) is 72.8 Å². The van der Waals surface area contributed by atoms with Gasteiger partial charge < -0.3 is 30.0 Å². The lowest BCUT2D eigenvalue weighted by molar-refractivity contribution is -0.0815. The van der Waals surface area contributed by atoms with Crippen molar-refractivity contribution in [2.45, 2.75) is 37.9 Å². The molecule has 1 saturated carbocycles. The molecule has 0 atom stereocenters. The van der Waals surface area contributed by atoms with Crippen LogP contribution in [-0.2, 0) is 0 Å². The number of H-pyrrole nitrogens is 2. The van der Waals surface area contributed by atoms with Crippen LogP contribution in [0.3, 0.4) is 0 Å². The summed E-state index contributed by atoms with van der Waals surface area (Å²) in [6.07, 6.45) is -1.70. The summed E-state index contributed by atoms with van der Waals surface area (Å²) in [7, 11) is 0. The van der Waals surface area contributed by atoms with Gasteiger partial charge in [-0.25, -0.2) is 9.97 Å². The summed E-state index contributed by atoms with van der Waals surface area (Å²) in [6.45, 7) is 3.88. The van der Waals surface area contributed by atoms with E-state index in [1.165, 1.54) is 0 Å². The van der Waals surface area contributed by atoms with Gasteiger partial charge in [-0.2, -0.15) is 0 Å². The number of aliphatic hydroxyl groups is 2. The number of anilines is 6. The molecule has 8 aromatic rings. The lowest BCUT2D eigenvalue weighted by Gasteiger charge is -2.45. The van der Waals surface area contributed by atoms with Gasteiger partial charge in [0.15, 0.2) is 0 Å². The minimum Gasteiger partial charge on any atom is -0.392 e. The molecule has 0 spiro atoms. The molecule has 0 saturated heterocycles. The molecule has 0 aliphatic heterocycles. The second-order valence-corrected chi connectivity index (χ2v) is 14.3. The number of hydrogen-bond acceptors (Lipinski definition) is 6. The van der Waals surface area contributed by atoms with Crippen LogP contribution in [0.4, 0.5) is 34.1 Å². The number of rotatable bonds is 10. The van der Waals surface area contributed by atoms with Crippen LogP contribution in [0.1, 0.15) is 34.6 Å². The summed E-state index contributed by atoms with van der Waals surface area (Å²) in [5.74, 6) is 0.295. The van der Waals surface area contributed by atoms with Crippen LogP contribution in [-0.4, -0.2) is 42.4 Å². The number of benzene rings is 6. The summed E-state index contributed by atoms with van der Waals surface area (Å²) >= 11 is 0. The zero-order chi connectivity index (χ0) is 38.2. The SMILES string of the molecule is Cc1[nH]c(-c2ccc(N(c3ccccc3)c3ccccc3)cc2)nc1C1C(O)C(c2nc(-c3ccc(N(c4ccccc4)c4ccccc4)cc3)[nH]c2C)C1O. The second-order valence-electron chi connectivity index (χ2n) is 14.3. The normalized spacial score (nSPS) is 17.6. The molecule has 6 aromatic carbocycles. The average molecular weight is 735 g/mol. The first-order valence-corrected chi connectivity index (χ1v) is 18.9. The molecule has 276 valence electrons. The number of aliphatic hydroxyl groups excluding tert-OH is 2. The number of hydrogen-bond donors (Lipinski definition) is 4. The van der Waals surface area contributed by atoms with Crippen LogP contribution < -0.4 is 9.80 Å². The first-order chi connectivity index (χ1) is 27.4. The molecule has 0 bridgehead atoms. The Morgan fingerprint density at radius 1 is 0.393 bits per heavy atom. The molecule has 56 heavy (non-hydrogen) atoms. The number of imidazole rings is 2. The maximum atomic E-state index is 11.6. The average Bonchev–Trinajstić information content (AvgIpc) is 3.81. The minimum absolute atomic E-state index is 0.545. The number of aromatic nitrogens is 4. The smallest absolute Gasteiger partial charge is 0.137 e. The molecule has 1 fully saturated rings. The fourth-order valence-corrected chi connectivity index (χ4v) is 7.96. The van der Waals surface area contributed by atoms with Gasteiger partial charge in [-0.3, -0.25) is 0 Å². The topological polar surface area (TPSA) is 104 Å². The molecule has 1 aliphatic carbocycles. The summed E-state index contributed by atoms with van der Waals surface area (Å²) in [5.41, 5.74) is 11.1. The van der Waals surface area contributed by atoms with Crippen molar-refractivity contribution in [2.75, 3.05) is 9.80 Å². The van der Waals surface area contributed by atoms with Crippen LogP contribution >= 0.6 is 0 Å². The Balaban J connectivity index is 0.930. The van der Waals surface area contributed by atoms with E-state index in [0.29, 0.717) is 23.0 Å². The minimum atomic E-state index is -0.852. The molecule has 4 N–H and O–H groups in total. The largest absolute Gasteiger partial charge is 0.392 e. The number of aromatic amines is 2. The standard InChI is InChI=1S/C48H42N6O2/c1-31-43(51-47(49-31)33-23-27-39(28-24-33)53(35-15-7-3-8-16-35)36-17-9-4-10-18-36)41-45(55)42(46(41)56)44-32(2)50-48(52-44)34-25-29-40(30-26-34)54(37-19-11-5-12-20-37)38-21-13-6-14-22-38/h3-30,41-42,45-46,55-56H,1-2H3,(H,49,51)(H,50,52). The van der Waals surface area contributed by atoms with Crippen molar-refractivity contribution in [1.29, 1.82) is 0 Å². The molecule has 0 unspecified atom stereocenters. The number of nitrogens with zero attached hydrogens (tertiary/aromatic N) is 4. The van der Waals surface area contributed by atoms with Gasteiger partial charge in [0.25, 0.3) is 0 Å². The third-order valence-corrected chi connectivity index (χ3v) is 10.8. The highest BCUT2D eigenvalue weighted by atomic mass is 16.3.